The van der Waals surface area contributed by atoms with Gasteiger partial charge in [0.15, 0.2) is 17.3 Å². The van der Waals surface area contributed by atoms with E-state index in [0.717, 1.165) is 25.1 Å². The zero-order valence-electron chi connectivity index (χ0n) is 7.56. The average molecular weight is 222 g/mol. The van der Waals surface area contributed by atoms with E-state index in [1.165, 1.54) is 0 Å². The fraction of sp³-hybridized carbons (Fsp3) is 0.222. The van der Waals surface area contributed by atoms with Crippen LogP contribution < -0.4 is 4.74 Å². The predicted molar refractivity (Wildman–Crippen MR) is 43.1 cm³/mol. The zero-order chi connectivity index (χ0) is 11.6. The quantitative estimate of drug-likeness (QED) is 0.568. The van der Waals surface area contributed by atoms with Gasteiger partial charge in [0.2, 0.25) is 0 Å². The number of ether oxygens (including phenoxy) is 1. The van der Waals surface area contributed by atoms with Gasteiger partial charge in [0.25, 0.3) is 0 Å². The smallest absolute Gasteiger partial charge is 0.403 e. The first kappa shape index (κ1) is 11.5. The fourth-order valence-corrected chi connectivity index (χ4v) is 0.986. The Labute approximate surface area is 82.5 Å². The predicted octanol–water partition coefficient (Wildman–Crippen LogP) is 2.93. The monoisotopic (exact) mass is 222 g/mol. The molecule has 6 heteroatoms. The van der Waals surface area contributed by atoms with E-state index in [1.54, 1.807) is 0 Å². The van der Waals surface area contributed by atoms with Crippen LogP contribution in [0.15, 0.2) is 18.2 Å². The highest BCUT2D eigenvalue weighted by Crippen LogP contribution is 2.27. The molecule has 82 valence electrons. The van der Waals surface area contributed by atoms with Crippen LogP contribution in [-0.4, -0.2) is 12.1 Å². The maximum Gasteiger partial charge on any atom is 0.573 e. The second kappa shape index (κ2) is 3.88. The Morgan fingerprint density at radius 2 is 1.93 bits per heavy atom. The first-order valence-electron chi connectivity index (χ1n) is 3.86. The molecule has 0 N–H and O–H groups in total. The molecule has 15 heavy (non-hydrogen) atoms. The molecule has 0 radical (unpaired) electrons. The van der Waals surface area contributed by atoms with Crippen LogP contribution in [0.3, 0.4) is 0 Å². The normalized spacial score (nSPS) is 11.3. The van der Waals surface area contributed by atoms with Gasteiger partial charge in [-0.15, -0.1) is 13.2 Å². The van der Waals surface area contributed by atoms with Crippen LogP contribution >= 0.6 is 0 Å². The van der Waals surface area contributed by atoms with Crippen molar-refractivity contribution < 1.29 is 27.1 Å². The van der Waals surface area contributed by atoms with Gasteiger partial charge in [0, 0.05) is 0 Å². The Kier molecular flexibility index (Phi) is 2.97. The van der Waals surface area contributed by atoms with Crippen molar-refractivity contribution in [1.29, 1.82) is 0 Å². The Bertz CT molecular complexity index is 384. The van der Waals surface area contributed by atoms with Gasteiger partial charge in [-0.1, -0.05) is 6.07 Å². The van der Waals surface area contributed by atoms with Crippen LogP contribution in [0.5, 0.6) is 5.75 Å². The molecule has 1 aromatic rings. The molecule has 0 heterocycles. The number of alkyl halides is 3. The summed E-state index contributed by atoms with van der Waals surface area (Å²) in [5.74, 6) is -2.97. The lowest BCUT2D eigenvalue weighted by molar-refractivity contribution is -0.275. The van der Waals surface area contributed by atoms with E-state index in [4.69, 9.17) is 0 Å². The van der Waals surface area contributed by atoms with E-state index in [1.807, 2.05) is 0 Å². The van der Waals surface area contributed by atoms with E-state index in [-0.39, 0.29) is 0 Å². The summed E-state index contributed by atoms with van der Waals surface area (Å²) in [6.45, 7) is 1.05. The van der Waals surface area contributed by atoms with Crippen LogP contribution in [0.2, 0.25) is 0 Å². The molecule has 0 unspecified atom stereocenters. The fourth-order valence-electron chi connectivity index (χ4n) is 0.986. The number of carbonyl (C=O) groups excluding carboxylic acids is 1. The van der Waals surface area contributed by atoms with Crippen molar-refractivity contribution in [2.24, 2.45) is 0 Å². The SMILES string of the molecule is CC(=O)c1cccc(OC(F)(F)F)c1F. The van der Waals surface area contributed by atoms with Crippen molar-refractivity contribution in [3.05, 3.63) is 29.6 Å². The molecule has 1 rings (SSSR count). The molecule has 0 aliphatic carbocycles. The molecule has 0 saturated heterocycles. The van der Waals surface area contributed by atoms with Crippen LogP contribution in [0.4, 0.5) is 17.6 Å². The largest absolute Gasteiger partial charge is 0.573 e. The van der Waals surface area contributed by atoms with Gasteiger partial charge in [0.1, 0.15) is 0 Å². The first-order chi connectivity index (χ1) is 6.81. The van der Waals surface area contributed by atoms with Crippen molar-refractivity contribution in [3.63, 3.8) is 0 Å². The summed E-state index contributed by atoms with van der Waals surface area (Å²) in [5, 5.41) is 0. The molecule has 2 nitrogen and oxygen atoms in total. The highest BCUT2D eigenvalue weighted by Gasteiger charge is 2.32. The number of Topliss-reactive ketones (excluding diaryl/α,β-unsaturated/α-hetero) is 1. The van der Waals surface area contributed by atoms with Gasteiger partial charge in [-0.25, -0.2) is 4.39 Å². The van der Waals surface area contributed by atoms with Crippen LogP contribution in [-0.2, 0) is 0 Å². The van der Waals surface area contributed by atoms with Gasteiger partial charge in [-0.05, 0) is 19.1 Å². The lowest BCUT2D eigenvalue weighted by atomic mass is 10.1. The Balaban J connectivity index is 3.10. The Hall–Kier alpha value is -1.59. The number of carbonyl (C=O) groups is 1. The molecular formula is C9H6F4O2. The third kappa shape index (κ3) is 2.93. The van der Waals surface area contributed by atoms with Gasteiger partial charge in [-0.3, -0.25) is 4.79 Å². The summed E-state index contributed by atoms with van der Waals surface area (Å²) in [7, 11) is 0. The second-order valence-electron chi connectivity index (χ2n) is 2.72. The molecule has 0 fully saturated rings. The van der Waals surface area contributed by atoms with E-state index in [2.05, 4.69) is 4.74 Å². The number of halogens is 4. The lowest BCUT2D eigenvalue weighted by Crippen LogP contribution is -2.18. The summed E-state index contributed by atoms with van der Waals surface area (Å²) < 4.78 is 51.9. The highest BCUT2D eigenvalue weighted by molar-refractivity contribution is 5.94. The third-order valence-electron chi connectivity index (χ3n) is 1.57. The topological polar surface area (TPSA) is 26.3 Å². The number of hydrogen-bond acceptors (Lipinski definition) is 2. The van der Waals surface area contributed by atoms with Crippen molar-refractivity contribution in [2.75, 3.05) is 0 Å². The number of benzene rings is 1. The number of hydrogen-bond donors (Lipinski definition) is 0. The van der Waals surface area contributed by atoms with Crippen molar-refractivity contribution >= 4 is 5.78 Å². The molecule has 0 saturated carbocycles. The van der Waals surface area contributed by atoms with Crippen LogP contribution in [0, 0.1) is 5.82 Å². The number of ketones is 1. The summed E-state index contributed by atoms with van der Waals surface area (Å²) in [4.78, 5) is 10.8. The van der Waals surface area contributed by atoms with Crippen molar-refractivity contribution in [3.8, 4) is 5.75 Å². The average Bonchev–Trinajstić information content (AvgIpc) is 2.05. The van der Waals surface area contributed by atoms with Crippen LogP contribution in [0.1, 0.15) is 17.3 Å². The summed E-state index contributed by atoms with van der Waals surface area (Å²) in [6, 6.07) is 3.00. The second-order valence-corrected chi connectivity index (χ2v) is 2.72. The molecule has 1 aromatic carbocycles. The van der Waals surface area contributed by atoms with Gasteiger partial charge in [0.05, 0.1) is 5.56 Å². The zero-order valence-corrected chi connectivity index (χ0v) is 7.56. The Morgan fingerprint density at radius 1 is 1.33 bits per heavy atom. The van der Waals surface area contributed by atoms with Gasteiger partial charge in [-0.2, -0.15) is 0 Å². The molecule has 0 aromatic heterocycles. The van der Waals surface area contributed by atoms with Gasteiger partial charge < -0.3 is 4.74 Å². The minimum absolute atomic E-state index is 0.434. The first-order valence-corrected chi connectivity index (χ1v) is 3.86. The van der Waals surface area contributed by atoms with E-state index in [9.17, 15) is 22.4 Å². The Morgan fingerprint density at radius 3 is 2.40 bits per heavy atom. The van der Waals surface area contributed by atoms with Crippen molar-refractivity contribution in [2.45, 2.75) is 13.3 Å². The molecular weight excluding hydrogens is 216 g/mol. The highest BCUT2D eigenvalue weighted by atomic mass is 19.4. The maximum absolute atomic E-state index is 13.2. The molecule has 0 aliphatic heterocycles. The minimum Gasteiger partial charge on any atom is -0.403 e. The molecule has 0 atom stereocenters. The number of rotatable bonds is 2. The molecule has 0 aliphatic rings. The van der Waals surface area contributed by atoms with E-state index in [0.29, 0.717) is 0 Å². The van der Waals surface area contributed by atoms with E-state index < -0.39 is 29.3 Å². The summed E-state index contributed by atoms with van der Waals surface area (Å²) in [6.07, 6.45) is -4.98. The van der Waals surface area contributed by atoms with Gasteiger partial charge >= 0.3 is 6.36 Å². The third-order valence-corrected chi connectivity index (χ3v) is 1.57. The maximum atomic E-state index is 13.2. The molecule has 0 bridgehead atoms. The molecule has 0 amide bonds. The van der Waals surface area contributed by atoms with Crippen LogP contribution in [0.25, 0.3) is 0 Å². The summed E-state index contributed by atoms with van der Waals surface area (Å²) in [5.41, 5.74) is -0.434. The standard InChI is InChI=1S/C9H6F4O2/c1-5(14)6-3-2-4-7(8(6)10)15-9(11,12)13/h2-4H,1H3. The lowest BCUT2D eigenvalue weighted by Gasteiger charge is -2.10. The van der Waals surface area contributed by atoms with E-state index >= 15 is 0 Å². The van der Waals surface area contributed by atoms with Crippen molar-refractivity contribution in [1.82, 2.24) is 0 Å². The molecule has 0 spiro atoms. The summed E-state index contributed by atoms with van der Waals surface area (Å²) >= 11 is 0. The minimum atomic E-state index is -4.98.